The van der Waals surface area contributed by atoms with Crippen molar-refractivity contribution in [3.63, 3.8) is 0 Å². The smallest absolute Gasteiger partial charge is 0.302 e. The van der Waals surface area contributed by atoms with Crippen molar-refractivity contribution in [2.75, 3.05) is 11.5 Å². The Morgan fingerprint density at radius 1 is 0.533 bits per heavy atom. The van der Waals surface area contributed by atoms with Gasteiger partial charge in [0.25, 0.3) is 0 Å². The summed E-state index contributed by atoms with van der Waals surface area (Å²) in [6, 6.07) is 0. The second kappa shape index (κ2) is 5.95. The fraction of sp³-hybridized carbons (Fsp3) is 0. The number of rotatable bonds is 2. The number of ketones is 2. The van der Waals surface area contributed by atoms with Crippen LogP contribution in [0, 0.1) is 0 Å². The van der Waals surface area contributed by atoms with Crippen LogP contribution in [0.4, 0.5) is 11.4 Å². The van der Waals surface area contributed by atoms with E-state index in [4.69, 9.17) is 11.5 Å². The first-order chi connectivity index (χ1) is 13.5. The maximum atomic E-state index is 12.9. The second-order valence-electron chi connectivity index (χ2n) is 5.99. The highest BCUT2D eigenvalue weighted by molar-refractivity contribution is 7.86. The minimum Gasteiger partial charge on any atom is -0.506 e. The summed E-state index contributed by atoms with van der Waals surface area (Å²) in [4.78, 5) is 22.5. The monoisotopic (exact) mass is 462 g/mol. The first-order valence-electron chi connectivity index (χ1n) is 7.32. The number of carbonyl (C=O) groups excluding carboxylic acids is 2. The van der Waals surface area contributed by atoms with Gasteiger partial charge in [-0.05, 0) is 0 Å². The average molecular weight is 462 g/mol. The van der Waals surface area contributed by atoms with Gasteiger partial charge >= 0.3 is 20.2 Å². The van der Waals surface area contributed by atoms with Crippen molar-refractivity contribution < 1.29 is 56.0 Å². The summed E-state index contributed by atoms with van der Waals surface area (Å²) in [5, 5.41) is 40.2. The molecule has 2 aromatic carbocycles. The predicted octanol–water partition coefficient (Wildman–Crippen LogP) is -1.06. The molecule has 0 fully saturated rings. The molecule has 16 heteroatoms. The van der Waals surface area contributed by atoms with E-state index in [2.05, 4.69) is 0 Å². The molecule has 14 nitrogen and oxygen atoms in total. The van der Waals surface area contributed by atoms with E-state index in [-0.39, 0.29) is 0 Å². The molecular weight excluding hydrogens is 452 g/mol. The third kappa shape index (κ3) is 2.55. The molecule has 1 aliphatic carbocycles. The highest BCUT2D eigenvalue weighted by atomic mass is 32.2. The Morgan fingerprint density at radius 3 is 1.03 bits per heavy atom. The Bertz CT molecular complexity index is 1310. The first kappa shape index (κ1) is 21.1. The number of hydrogen-bond acceptors (Lipinski definition) is 12. The van der Waals surface area contributed by atoms with E-state index in [1.54, 1.807) is 0 Å². The molecule has 3 rings (SSSR count). The number of phenolic OH excluding ortho intramolecular Hbond substituents is 4. The van der Waals surface area contributed by atoms with E-state index in [1.165, 1.54) is 0 Å². The molecule has 1 aliphatic rings. The van der Waals surface area contributed by atoms with Crippen LogP contribution in [0.2, 0.25) is 0 Å². The third-order valence-electron chi connectivity index (χ3n) is 4.31. The zero-order valence-corrected chi connectivity index (χ0v) is 15.7. The predicted molar refractivity (Wildman–Crippen MR) is 94.9 cm³/mol. The zero-order chi connectivity index (χ0) is 23.1. The molecule has 2 aromatic rings. The van der Waals surface area contributed by atoms with E-state index in [0.29, 0.717) is 0 Å². The number of benzene rings is 2. The molecule has 0 amide bonds. The molecule has 0 spiro atoms. The lowest BCUT2D eigenvalue weighted by Crippen LogP contribution is -2.26. The van der Waals surface area contributed by atoms with Gasteiger partial charge in [0.1, 0.15) is 0 Å². The Morgan fingerprint density at radius 2 is 0.800 bits per heavy atom. The molecular formula is C14H10N2O12S2. The van der Waals surface area contributed by atoms with Crippen molar-refractivity contribution in [3.05, 3.63) is 22.3 Å². The van der Waals surface area contributed by atoms with Crippen LogP contribution in [0.5, 0.6) is 23.0 Å². The van der Waals surface area contributed by atoms with Crippen molar-refractivity contribution in [2.45, 2.75) is 9.79 Å². The van der Waals surface area contributed by atoms with Crippen LogP contribution in [-0.4, -0.2) is 57.9 Å². The Balaban J connectivity index is 2.59. The number of fused-ring (bicyclic) bond motifs is 2. The number of aromatic hydroxyl groups is 4. The summed E-state index contributed by atoms with van der Waals surface area (Å²) in [5.74, 6) is -9.28. The summed E-state index contributed by atoms with van der Waals surface area (Å²) < 4.78 is 64.2. The van der Waals surface area contributed by atoms with Crippen molar-refractivity contribution in [1.82, 2.24) is 0 Å². The fourth-order valence-corrected chi connectivity index (χ4v) is 4.49. The molecule has 0 radical (unpaired) electrons. The van der Waals surface area contributed by atoms with E-state index in [1.807, 2.05) is 0 Å². The van der Waals surface area contributed by atoms with Crippen LogP contribution in [0.3, 0.4) is 0 Å². The lowest BCUT2D eigenvalue weighted by Gasteiger charge is -2.24. The van der Waals surface area contributed by atoms with Gasteiger partial charge in [0, 0.05) is 0 Å². The molecule has 0 saturated heterocycles. The van der Waals surface area contributed by atoms with Gasteiger partial charge in [0.05, 0.1) is 33.6 Å². The van der Waals surface area contributed by atoms with Crippen molar-refractivity contribution in [1.29, 1.82) is 0 Å². The van der Waals surface area contributed by atoms with Crippen LogP contribution in [0.25, 0.3) is 0 Å². The lowest BCUT2D eigenvalue weighted by atomic mass is 9.81. The van der Waals surface area contributed by atoms with Crippen molar-refractivity contribution in [2.24, 2.45) is 0 Å². The second-order valence-corrected chi connectivity index (χ2v) is 8.71. The van der Waals surface area contributed by atoms with Gasteiger partial charge < -0.3 is 31.9 Å². The Labute approximate surface area is 166 Å². The number of hydrogen-bond donors (Lipinski definition) is 8. The van der Waals surface area contributed by atoms with E-state index in [0.717, 1.165) is 0 Å². The molecule has 0 heterocycles. The molecule has 160 valence electrons. The average Bonchev–Trinajstić information content (AvgIpc) is 2.56. The van der Waals surface area contributed by atoms with Crippen LogP contribution in [0.1, 0.15) is 31.8 Å². The lowest BCUT2D eigenvalue weighted by molar-refractivity contribution is 0.0973. The molecule has 0 bridgehead atoms. The normalized spacial score (nSPS) is 13.8. The van der Waals surface area contributed by atoms with E-state index < -0.39 is 98.2 Å². The number of nitrogens with two attached hydrogens (primary N) is 2. The SMILES string of the molecule is Nc1c(O)c(S(=O)(=O)O)c(O)c2c1C(=O)c1c(O)c(S(=O)(=O)O)c(O)c(N)c1C2=O. The van der Waals surface area contributed by atoms with E-state index in [9.17, 15) is 56.0 Å². The summed E-state index contributed by atoms with van der Waals surface area (Å²) in [7, 11) is -10.8. The Kier molecular flexibility index (Phi) is 4.19. The Hall–Kier alpha value is -3.60. The third-order valence-corrected chi connectivity index (χ3v) is 6.11. The van der Waals surface area contributed by atoms with Gasteiger partial charge in [-0.2, -0.15) is 16.8 Å². The highest BCUT2D eigenvalue weighted by Crippen LogP contribution is 2.51. The largest absolute Gasteiger partial charge is 0.506 e. The molecule has 0 unspecified atom stereocenters. The van der Waals surface area contributed by atoms with Crippen LogP contribution in [-0.2, 0) is 20.2 Å². The summed E-state index contributed by atoms with van der Waals surface area (Å²) in [6.45, 7) is 0. The van der Waals surface area contributed by atoms with Crippen LogP contribution >= 0.6 is 0 Å². The topological polar surface area (TPSA) is 276 Å². The molecule has 0 aromatic heterocycles. The van der Waals surface area contributed by atoms with Gasteiger partial charge in [0.15, 0.2) is 32.8 Å². The maximum Gasteiger partial charge on any atom is 0.302 e. The molecule has 30 heavy (non-hydrogen) atoms. The van der Waals surface area contributed by atoms with Crippen molar-refractivity contribution >= 4 is 43.2 Å². The molecule has 0 saturated carbocycles. The van der Waals surface area contributed by atoms with Gasteiger partial charge in [0.2, 0.25) is 11.6 Å². The fourth-order valence-electron chi connectivity index (χ4n) is 3.09. The van der Waals surface area contributed by atoms with Crippen LogP contribution < -0.4 is 11.5 Å². The summed E-state index contributed by atoms with van der Waals surface area (Å²) in [5.41, 5.74) is 4.26. The minimum absolute atomic E-state index is 1.06. The zero-order valence-electron chi connectivity index (χ0n) is 14.1. The van der Waals surface area contributed by atoms with Crippen LogP contribution in [0.15, 0.2) is 9.79 Å². The molecule has 10 N–H and O–H groups in total. The number of nitrogen functional groups attached to an aromatic ring is 2. The van der Waals surface area contributed by atoms with E-state index >= 15 is 0 Å². The highest BCUT2D eigenvalue weighted by Gasteiger charge is 2.44. The standard InChI is InChI=1S/C14H10N2O12S2/c15-5-1-3(9(19)13(11(5)21)29(23,24)25)8(18)2-4(7(1)17)10(20)14(30(26,27)28)12(22)6(2)16/h19-22H,15-16H2,(H,23,24,25)(H,26,27,28). The van der Waals surface area contributed by atoms with Gasteiger partial charge in [-0.3, -0.25) is 18.7 Å². The van der Waals surface area contributed by atoms with Gasteiger partial charge in [-0.1, -0.05) is 0 Å². The molecule has 0 aliphatic heterocycles. The van der Waals surface area contributed by atoms with Gasteiger partial charge in [-0.15, -0.1) is 0 Å². The summed E-state index contributed by atoms with van der Waals surface area (Å²) >= 11 is 0. The minimum atomic E-state index is -5.38. The number of phenols is 4. The summed E-state index contributed by atoms with van der Waals surface area (Å²) in [6.07, 6.45) is 0. The quantitative estimate of drug-likeness (QED) is 0.0975. The maximum absolute atomic E-state index is 12.9. The van der Waals surface area contributed by atoms with Crippen molar-refractivity contribution in [3.8, 4) is 23.0 Å². The first-order valence-corrected chi connectivity index (χ1v) is 10.2. The molecule has 0 atom stereocenters. The van der Waals surface area contributed by atoms with Gasteiger partial charge in [-0.25, -0.2) is 0 Å². The number of anilines is 2. The number of carbonyl (C=O) groups is 2.